The third-order valence-electron chi connectivity index (χ3n) is 4.90. The number of hydrogen-bond donors (Lipinski definition) is 1. The average molecular weight is 445 g/mol. The molecule has 0 radical (unpaired) electrons. The van der Waals surface area contributed by atoms with Crippen LogP contribution < -0.4 is 14.8 Å². The Morgan fingerprint density at radius 3 is 2.39 bits per heavy atom. The highest BCUT2D eigenvalue weighted by atomic mass is 35.5. The molecule has 0 aromatic heterocycles. The van der Waals surface area contributed by atoms with E-state index >= 15 is 0 Å². The molecule has 0 bridgehead atoms. The Kier molecular flexibility index (Phi) is 7.41. The van der Waals surface area contributed by atoms with Crippen LogP contribution >= 0.6 is 11.6 Å². The zero-order valence-electron chi connectivity index (χ0n) is 17.7. The van der Waals surface area contributed by atoms with Gasteiger partial charge in [-0.05, 0) is 49.7 Å². The van der Waals surface area contributed by atoms with E-state index in [9.17, 15) is 9.59 Å². The maximum atomic E-state index is 13.0. The predicted octanol–water partition coefficient (Wildman–Crippen LogP) is 4.33. The van der Waals surface area contributed by atoms with Crippen molar-refractivity contribution in [2.24, 2.45) is 0 Å². The molecule has 0 fully saturated rings. The van der Waals surface area contributed by atoms with Gasteiger partial charge in [0.05, 0.1) is 31.0 Å². The SMILES string of the molecule is CCOC(=O)C1=C(COc2ccc(OC)cc2)N(CC)C(=O)N[C@@H]1c1ccccc1Cl. The van der Waals surface area contributed by atoms with Crippen LogP contribution in [0.3, 0.4) is 0 Å². The highest BCUT2D eigenvalue weighted by Crippen LogP contribution is 2.35. The number of urea groups is 1. The van der Waals surface area contributed by atoms with E-state index in [2.05, 4.69) is 5.32 Å². The maximum Gasteiger partial charge on any atom is 0.338 e. The normalized spacial score (nSPS) is 16.1. The number of ether oxygens (including phenoxy) is 3. The van der Waals surface area contributed by atoms with Gasteiger partial charge >= 0.3 is 12.0 Å². The summed E-state index contributed by atoms with van der Waals surface area (Å²) in [7, 11) is 1.58. The van der Waals surface area contributed by atoms with Crippen LogP contribution in [-0.4, -0.2) is 43.8 Å². The Bertz CT molecular complexity index is 974. The summed E-state index contributed by atoms with van der Waals surface area (Å²) in [5.74, 6) is 0.747. The van der Waals surface area contributed by atoms with Crippen molar-refractivity contribution in [2.45, 2.75) is 19.9 Å². The van der Waals surface area contributed by atoms with Gasteiger partial charge in [-0.1, -0.05) is 29.8 Å². The second kappa shape index (κ2) is 10.2. The number of carbonyl (C=O) groups is 2. The fraction of sp³-hybridized carbons (Fsp3) is 0.304. The van der Waals surface area contributed by atoms with E-state index in [0.717, 1.165) is 0 Å². The van der Waals surface area contributed by atoms with Gasteiger partial charge in [0.25, 0.3) is 0 Å². The van der Waals surface area contributed by atoms with Gasteiger partial charge in [0.15, 0.2) is 0 Å². The van der Waals surface area contributed by atoms with Crippen molar-refractivity contribution in [3.8, 4) is 11.5 Å². The Hall–Kier alpha value is -3.19. The third kappa shape index (κ3) is 4.94. The van der Waals surface area contributed by atoms with E-state index in [-0.39, 0.29) is 19.2 Å². The zero-order chi connectivity index (χ0) is 22.4. The molecule has 0 saturated carbocycles. The van der Waals surface area contributed by atoms with Gasteiger partial charge in [-0.2, -0.15) is 0 Å². The first-order chi connectivity index (χ1) is 15.0. The summed E-state index contributed by atoms with van der Waals surface area (Å²) in [5, 5.41) is 3.32. The van der Waals surface area contributed by atoms with Gasteiger partial charge in [0.2, 0.25) is 0 Å². The highest BCUT2D eigenvalue weighted by molar-refractivity contribution is 6.31. The summed E-state index contributed by atoms with van der Waals surface area (Å²) in [6, 6.07) is 13.0. The van der Waals surface area contributed by atoms with E-state index in [1.54, 1.807) is 62.6 Å². The first-order valence-corrected chi connectivity index (χ1v) is 10.4. The van der Waals surface area contributed by atoms with Crippen LogP contribution in [0.5, 0.6) is 11.5 Å². The molecule has 1 heterocycles. The predicted molar refractivity (Wildman–Crippen MR) is 117 cm³/mol. The molecular formula is C23H25ClN2O5. The summed E-state index contributed by atoms with van der Waals surface area (Å²) in [6.07, 6.45) is 0. The van der Waals surface area contributed by atoms with Crippen LogP contribution in [-0.2, 0) is 9.53 Å². The van der Waals surface area contributed by atoms with Gasteiger partial charge in [-0.15, -0.1) is 0 Å². The largest absolute Gasteiger partial charge is 0.497 e. The molecule has 31 heavy (non-hydrogen) atoms. The Balaban J connectivity index is 2.04. The number of halogens is 1. The van der Waals surface area contributed by atoms with Crippen LogP contribution in [0.4, 0.5) is 4.79 Å². The lowest BCUT2D eigenvalue weighted by atomic mass is 9.94. The van der Waals surface area contributed by atoms with Crippen molar-refractivity contribution in [3.05, 3.63) is 70.4 Å². The lowest BCUT2D eigenvalue weighted by Gasteiger charge is -2.36. The minimum atomic E-state index is -0.752. The Morgan fingerprint density at radius 1 is 1.10 bits per heavy atom. The average Bonchev–Trinajstić information content (AvgIpc) is 2.78. The first-order valence-electron chi connectivity index (χ1n) is 9.99. The van der Waals surface area contributed by atoms with E-state index < -0.39 is 12.0 Å². The Morgan fingerprint density at radius 2 is 1.77 bits per heavy atom. The van der Waals surface area contributed by atoms with Crippen molar-refractivity contribution < 1.29 is 23.8 Å². The minimum absolute atomic E-state index is 0.00267. The molecule has 0 aliphatic carbocycles. The van der Waals surface area contributed by atoms with Gasteiger partial charge in [-0.3, -0.25) is 4.90 Å². The summed E-state index contributed by atoms with van der Waals surface area (Å²) < 4.78 is 16.4. The molecule has 1 atom stereocenters. The number of hydrogen-bond acceptors (Lipinski definition) is 5. The summed E-state index contributed by atoms with van der Waals surface area (Å²) in [4.78, 5) is 27.3. The van der Waals surface area contributed by atoms with Crippen LogP contribution in [0, 0.1) is 0 Å². The van der Waals surface area contributed by atoms with Crippen molar-refractivity contribution in [1.82, 2.24) is 10.2 Å². The topological polar surface area (TPSA) is 77.1 Å². The van der Waals surface area contributed by atoms with Crippen molar-refractivity contribution in [1.29, 1.82) is 0 Å². The van der Waals surface area contributed by atoms with Crippen LogP contribution in [0.1, 0.15) is 25.5 Å². The number of methoxy groups -OCH3 is 1. The molecule has 2 aromatic rings. The molecule has 7 nitrogen and oxygen atoms in total. The van der Waals surface area contributed by atoms with Gasteiger partial charge < -0.3 is 19.5 Å². The second-order valence-corrected chi connectivity index (χ2v) is 7.10. The van der Waals surface area contributed by atoms with Gasteiger partial charge in [0.1, 0.15) is 18.1 Å². The molecule has 1 aliphatic rings. The minimum Gasteiger partial charge on any atom is -0.497 e. The quantitative estimate of drug-likeness (QED) is 0.613. The maximum absolute atomic E-state index is 13.0. The number of esters is 1. The molecule has 1 aliphatic heterocycles. The van der Waals surface area contributed by atoms with Crippen molar-refractivity contribution >= 4 is 23.6 Å². The number of benzene rings is 2. The number of rotatable bonds is 8. The number of nitrogens with zero attached hydrogens (tertiary/aromatic N) is 1. The number of carbonyl (C=O) groups excluding carboxylic acids is 2. The fourth-order valence-corrected chi connectivity index (χ4v) is 3.65. The van der Waals surface area contributed by atoms with Crippen LogP contribution in [0.15, 0.2) is 59.8 Å². The summed E-state index contributed by atoms with van der Waals surface area (Å²) in [6.45, 7) is 4.11. The molecule has 1 N–H and O–H groups in total. The summed E-state index contributed by atoms with van der Waals surface area (Å²) >= 11 is 6.39. The van der Waals surface area contributed by atoms with Crippen molar-refractivity contribution in [3.63, 3.8) is 0 Å². The van der Waals surface area contributed by atoms with E-state index in [4.69, 9.17) is 25.8 Å². The van der Waals surface area contributed by atoms with E-state index in [0.29, 0.717) is 39.9 Å². The zero-order valence-corrected chi connectivity index (χ0v) is 18.4. The van der Waals surface area contributed by atoms with E-state index in [1.165, 1.54) is 4.90 Å². The van der Waals surface area contributed by atoms with Crippen LogP contribution in [0.25, 0.3) is 0 Å². The standard InChI is InChI=1S/C23H25ClN2O5/c1-4-26-19(14-31-16-12-10-15(29-3)11-13-16)20(22(27)30-5-2)21(25-23(26)28)17-8-6-7-9-18(17)24/h6-13,21H,4-5,14H2,1-3H3,(H,25,28)/t21-/m1/s1. The second-order valence-electron chi connectivity index (χ2n) is 6.69. The molecule has 0 spiro atoms. The summed E-state index contributed by atoms with van der Waals surface area (Å²) in [5.41, 5.74) is 1.34. The monoisotopic (exact) mass is 444 g/mol. The smallest absolute Gasteiger partial charge is 0.338 e. The molecule has 164 valence electrons. The molecule has 3 rings (SSSR count). The lowest BCUT2D eigenvalue weighted by molar-refractivity contribution is -0.139. The Labute approximate surface area is 186 Å². The number of amides is 2. The van der Waals surface area contributed by atoms with Crippen molar-refractivity contribution in [2.75, 3.05) is 26.9 Å². The van der Waals surface area contributed by atoms with Crippen LogP contribution in [0.2, 0.25) is 5.02 Å². The lowest BCUT2D eigenvalue weighted by Crippen LogP contribution is -2.49. The van der Waals surface area contributed by atoms with Gasteiger partial charge in [-0.25, -0.2) is 9.59 Å². The molecule has 8 heteroatoms. The third-order valence-corrected chi connectivity index (χ3v) is 5.25. The van der Waals surface area contributed by atoms with E-state index in [1.807, 2.05) is 6.92 Å². The fourth-order valence-electron chi connectivity index (χ4n) is 3.41. The number of nitrogens with one attached hydrogen (secondary N) is 1. The molecule has 2 amide bonds. The molecule has 2 aromatic carbocycles. The molecular weight excluding hydrogens is 420 g/mol. The molecule has 0 unspecified atom stereocenters. The molecule has 0 saturated heterocycles. The highest BCUT2D eigenvalue weighted by Gasteiger charge is 2.38. The number of likely N-dealkylation sites (N-methyl/N-ethyl adjacent to an activating group) is 1. The van der Waals surface area contributed by atoms with Gasteiger partial charge in [0, 0.05) is 11.6 Å². The first kappa shape index (κ1) is 22.5.